The SMILES string of the molecule is CN=C(NCCn1cncn1)N1CC(=O)N(C(C)C)C(C)(C)C1.I. The van der Waals surface area contributed by atoms with Gasteiger partial charge in [-0.1, -0.05) is 0 Å². The molecule has 1 N–H and O–H groups in total. The van der Waals surface area contributed by atoms with Gasteiger partial charge in [-0.25, -0.2) is 4.98 Å². The monoisotopic (exact) mass is 449 g/mol. The van der Waals surface area contributed by atoms with Gasteiger partial charge in [0.1, 0.15) is 12.7 Å². The first kappa shape index (κ1) is 20.7. The Morgan fingerprint density at radius 2 is 2.17 bits per heavy atom. The molecule has 0 radical (unpaired) electrons. The molecule has 8 nitrogen and oxygen atoms in total. The molecule has 1 aliphatic rings. The maximum absolute atomic E-state index is 12.5. The summed E-state index contributed by atoms with van der Waals surface area (Å²) in [4.78, 5) is 24.7. The highest BCUT2D eigenvalue weighted by atomic mass is 127. The maximum Gasteiger partial charge on any atom is 0.242 e. The van der Waals surface area contributed by atoms with Crippen molar-refractivity contribution in [1.82, 2.24) is 29.9 Å². The van der Waals surface area contributed by atoms with Gasteiger partial charge in [0.15, 0.2) is 5.96 Å². The third-order valence-electron chi connectivity index (χ3n) is 3.94. The highest BCUT2D eigenvalue weighted by Gasteiger charge is 2.40. The maximum atomic E-state index is 12.5. The van der Waals surface area contributed by atoms with Crippen LogP contribution in [0.3, 0.4) is 0 Å². The number of aromatic nitrogens is 3. The van der Waals surface area contributed by atoms with Crippen molar-refractivity contribution in [3.63, 3.8) is 0 Å². The van der Waals surface area contributed by atoms with Crippen molar-refractivity contribution in [2.75, 3.05) is 26.7 Å². The van der Waals surface area contributed by atoms with Crippen LogP contribution in [0, 0.1) is 0 Å². The number of amides is 1. The molecule has 1 aliphatic heterocycles. The number of halogens is 1. The van der Waals surface area contributed by atoms with Crippen molar-refractivity contribution < 1.29 is 4.79 Å². The lowest BCUT2D eigenvalue weighted by Gasteiger charge is -2.49. The molecular weight excluding hydrogens is 421 g/mol. The standard InChI is InChI=1S/C15H27N7O.HI/c1-12(2)22-13(23)8-20(9-15(22,3)4)14(16-5)18-6-7-21-11-17-10-19-21;/h10-12H,6-9H2,1-5H3,(H,16,18);1H. The fourth-order valence-electron chi connectivity index (χ4n) is 3.28. The van der Waals surface area contributed by atoms with Crippen molar-refractivity contribution in [3.05, 3.63) is 12.7 Å². The molecule has 0 aliphatic carbocycles. The van der Waals surface area contributed by atoms with Crippen molar-refractivity contribution >= 4 is 35.8 Å². The Hall–Kier alpha value is -1.39. The Bertz CT molecular complexity index is 556. The molecule has 1 saturated heterocycles. The number of carbonyl (C=O) groups excluding carboxylic acids is 1. The predicted octanol–water partition coefficient (Wildman–Crippen LogP) is 0.803. The quantitative estimate of drug-likeness (QED) is 0.418. The zero-order valence-corrected chi connectivity index (χ0v) is 17.4. The molecule has 0 unspecified atom stereocenters. The Kier molecular flexibility index (Phi) is 7.43. The fourth-order valence-corrected chi connectivity index (χ4v) is 3.28. The first-order valence-corrected chi connectivity index (χ1v) is 7.95. The smallest absolute Gasteiger partial charge is 0.242 e. The van der Waals surface area contributed by atoms with Crippen LogP contribution < -0.4 is 5.32 Å². The Labute approximate surface area is 160 Å². The first-order valence-electron chi connectivity index (χ1n) is 7.95. The molecule has 9 heteroatoms. The number of hydrogen-bond donors (Lipinski definition) is 1. The van der Waals surface area contributed by atoms with Crippen LogP contribution in [0.2, 0.25) is 0 Å². The normalized spacial score (nSPS) is 17.9. The lowest BCUT2D eigenvalue weighted by molar-refractivity contribution is -0.145. The molecule has 1 aromatic heterocycles. The van der Waals surface area contributed by atoms with Gasteiger partial charge in [-0.2, -0.15) is 5.10 Å². The zero-order chi connectivity index (χ0) is 17.0. The summed E-state index contributed by atoms with van der Waals surface area (Å²) in [5.74, 6) is 0.880. The van der Waals surface area contributed by atoms with Gasteiger partial charge in [0.05, 0.1) is 18.6 Å². The van der Waals surface area contributed by atoms with Crippen LogP contribution in [0.25, 0.3) is 0 Å². The van der Waals surface area contributed by atoms with E-state index < -0.39 is 0 Å². The number of carbonyl (C=O) groups is 1. The van der Waals surface area contributed by atoms with E-state index in [1.165, 1.54) is 6.33 Å². The zero-order valence-electron chi connectivity index (χ0n) is 15.1. The minimum Gasteiger partial charge on any atom is -0.354 e. The predicted molar refractivity (Wildman–Crippen MR) is 104 cm³/mol. The second kappa shape index (κ2) is 8.63. The number of hydrogen-bond acceptors (Lipinski definition) is 4. The van der Waals surface area contributed by atoms with Gasteiger partial charge in [0.2, 0.25) is 5.91 Å². The summed E-state index contributed by atoms with van der Waals surface area (Å²) in [6.45, 7) is 10.8. The summed E-state index contributed by atoms with van der Waals surface area (Å²) < 4.78 is 1.76. The van der Waals surface area contributed by atoms with Crippen LogP contribution in [0.15, 0.2) is 17.6 Å². The van der Waals surface area contributed by atoms with E-state index in [9.17, 15) is 4.79 Å². The Morgan fingerprint density at radius 3 is 2.67 bits per heavy atom. The summed E-state index contributed by atoms with van der Waals surface area (Å²) in [6, 6.07) is 0.196. The van der Waals surface area contributed by atoms with Crippen LogP contribution in [-0.2, 0) is 11.3 Å². The fraction of sp³-hybridized carbons (Fsp3) is 0.733. The van der Waals surface area contributed by atoms with E-state index in [0.717, 1.165) is 12.5 Å². The highest BCUT2D eigenvalue weighted by molar-refractivity contribution is 14.0. The van der Waals surface area contributed by atoms with E-state index in [1.54, 1.807) is 18.1 Å². The molecule has 2 heterocycles. The molecule has 0 bridgehead atoms. The average molecular weight is 449 g/mol. The number of rotatable bonds is 4. The highest BCUT2D eigenvalue weighted by Crippen LogP contribution is 2.24. The van der Waals surface area contributed by atoms with Gasteiger partial charge < -0.3 is 15.1 Å². The van der Waals surface area contributed by atoms with Crippen molar-refractivity contribution in [2.24, 2.45) is 4.99 Å². The van der Waals surface area contributed by atoms with Crippen molar-refractivity contribution in [3.8, 4) is 0 Å². The third kappa shape index (κ3) is 4.81. The van der Waals surface area contributed by atoms with Crippen molar-refractivity contribution in [2.45, 2.75) is 45.8 Å². The second-order valence-corrected chi connectivity index (χ2v) is 6.66. The number of nitrogens with one attached hydrogen (secondary N) is 1. The van der Waals surface area contributed by atoms with E-state index in [1.807, 2.05) is 9.80 Å². The molecule has 1 amide bonds. The van der Waals surface area contributed by atoms with E-state index in [0.29, 0.717) is 19.6 Å². The molecule has 0 saturated carbocycles. The molecule has 136 valence electrons. The van der Waals surface area contributed by atoms with E-state index >= 15 is 0 Å². The van der Waals surface area contributed by atoms with Crippen LogP contribution in [0.4, 0.5) is 0 Å². The summed E-state index contributed by atoms with van der Waals surface area (Å²) in [7, 11) is 1.74. The number of piperazine rings is 1. The Balaban J connectivity index is 0.00000288. The van der Waals surface area contributed by atoms with E-state index in [4.69, 9.17) is 0 Å². The van der Waals surface area contributed by atoms with Crippen molar-refractivity contribution in [1.29, 1.82) is 0 Å². The number of aliphatic imine (C=N–C) groups is 1. The molecule has 1 fully saturated rings. The van der Waals surface area contributed by atoms with Gasteiger partial charge in [0, 0.05) is 26.2 Å². The van der Waals surface area contributed by atoms with Crippen LogP contribution >= 0.6 is 24.0 Å². The third-order valence-corrected chi connectivity index (χ3v) is 3.94. The molecule has 0 spiro atoms. The van der Waals surface area contributed by atoms with Crippen LogP contribution in [-0.4, -0.2) is 74.7 Å². The van der Waals surface area contributed by atoms with Gasteiger partial charge in [0.25, 0.3) is 0 Å². The molecule has 0 aromatic carbocycles. The molecular formula is C15H28IN7O. The Morgan fingerprint density at radius 1 is 1.46 bits per heavy atom. The number of guanidine groups is 1. The molecule has 2 rings (SSSR count). The molecule has 0 atom stereocenters. The van der Waals surface area contributed by atoms with Gasteiger partial charge in [-0.05, 0) is 27.7 Å². The summed E-state index contributed by atoms with van der Waals surface area (Å²) in [5.41, 5.74) is -0.229. The van der Waals surface area contributed by atoms with Crippen LogP contribution in [0.1, 0.15) is 27.7 Å². The minimum absolute atomic E-state index is 0. The molecule has 1 aromatic rings. The summed E-state index contributed by atoms with van der Waals surface area (Å²) in [5, 5.41) is 7.36. The lowest BCUT2D eigenvalue weighted by Crippen LogP contribution is -2.66. The lowest BCUT2D eigenvalue weighted by atomic mass is 9.96. The van der Waals surface area contributed by atoms with E-state index in [-0.39, 0.29) is 41.5 Å². The second-order valence-electron chi connectivity index (χ2n) is 6.66. The largest absolute Gasteiger partial charge is 0.354 e. The van der Waals surface area contributed by atoms with Gasteiger partial charge in [-0.3, -0.25) is 14.5 Å². The summed E-state index contributed by atoms with van der Waals surface area (Å²) in [6.07, 6.45) is 3.19. The topological polar surface area (TPSA) is 78.6 Å². The summed E-state index contributed by atoms with van der Waals surface area (Å²) >= 11 is 0. The first-order chi connectivity index (χ1) is 10.8. The van der Waals surface area contributed by atoms with Gasteiger partial charge in [-0.15, -0.1) is 24.0 Å². The van der Waals surface area contributed by atoms with Gasteiger partial charge >= 0.3 is 0 Å². The minimum atomic E-state index is -0.229. The number of nitrogens with zero attached hydrogens (tertiary/aromatic N) is 6. The van der Waals surface area contributed by atoms with E-state index in [2.05, 4.69) is 48.1 Å². The molecule has 24 heavy (non-hydrogen) atoms. The van der Waals surface area contributed by atoms with Crippen LogP contribution in [0.5, 0.6) is 0 Å². The average Bonchev–Trinajstić information content (AvgIpc) is 2.94.